The molecule has 2 rings (SSSR count). The summed E-state index contributed by atoms with van der Waals surface area (Å²) in [5.74, 6) is 0. The van der Waals surface area contributed by atoms with Gasteiger partial charge in [-0.3, -0.25) is 0 Å². The van der Waals surface area contributed by atoms with E-state index in [-0.39, 0.29) is 5.41 Å². The minimum absolute atomic E-state index is 0.227. The van der Waals surface area contributed by atoms with E-state index in [0.717, 1.165) is 4.88 Å². The van der Waals surface area contributed by atoms with E-state index in [2.05, 4.69) is 26.8 Å². The highest BCUT2D eigenvalue weighted by molar-refractivity contribution is 7.10. The lowest BCUT2D eigenvalue weighted by molar-refractivity contribution is 0.115. The van der Waals surface area contributed by atoms with E-state index in [1.54, 1.807) is 11.3 Å². The van der Waals surface area contributed by atoms with Crippen LogP contribution in [-0.4, -0.2) is 5.11 Å². The summed E-state index contributed by atoms with van der Waals surface area (Å²) < 4.78 is 0. The molecule has 19 heavy (non-hydrogen) atoms. The molecule has 1 atom stereocenters. The largest absolute Gasteiger partial charge is 0.380 e. The minimum atomic E-state index is -0.866. The Morgan fingerprint density at radius 1 is 1.42 bits per heavy atom. The molecule has 0 fully saturated rings. The Morgan fingerprint density at radius 2 is 2.16 bits per heavy atom. The van der Waals surface area contributed by atoms with Gasteiger partial charge in [-0.25, -0.2) is 0 Å². The van der Waals surface area contributed by atoms with Crippen LogP contribution in [0.3, 0.4) is 0 Å². The molecule has 0 bridgehead atoms. The first-order chi connectivity index (χ1) is 8.83. The maximum atomic E-state index is 10.6. The molecule has 0 saturated carbocycles. The quantitative estimate of drug-likeness (QED) is 0.820. The van der Waals surface area contributed by atoms with Crippen molar-refractivity contribution in [3.63, 3.8) is 0 Å². The Bertz CT molecular complexity index is 489. The van der Waals surface area contributed by atoms with Gasteiger partial charge in [0, 0.05) is 4.88 Å². The fourth-order valence-electron chi connectivity index (χ4n) is 2.90. The zero-order valence-corrected chi connectivity index (χ0v) is 13.2. The first-order valence-corrected chi connectivity index (χ1v) is 7.87. The first-order valence-electron chi connectivity index (χ1n) is 6.99. The molecular weight excluding hydrogens is 252 g/mol. The highest BCUT2D eigenvalue weighted by Crippen LogP contribution is 2.41. The molecule has 1 aromatic rings. The monoisotopic (exact) mass is 276 g/mol. The van der Waals surface area contributed by atoms with E-state index in [1.807, 2.05) is 30.5 Å². The van der Waals surface area contributed by atoms with Gasteiger partial charge in [0.1, 0.15) is 5.60 Å². The van der Waals surface area contributed by atoms with Crippen molar-refractivity contribution in [2.24, 2.45) is 5.41 Å². The number of hydrogen-bond acceptors (Lipinski definition) is 2. The molecule has 0 aliphatic heterocycles. The molecule has 0 amide bonds. The molecule has 1 nitrogen and oxygen atoms in total. The van der Waals surface area contributed by atoms with Crippen LogP contribution in [0, 0.1) is 5.41 Å². The lowest BCUT2D eigenvalue weighted by atomic mass is 9.72. The smallest absolute Gasteiger partial charge is 0.114 e. The van der Waals surface area contributed by atoms with E-state index < -0.39 is 5.60 Å². The van der Waals surface area contributed by atoms with Crippen LogP contribution in [0.4, 0.5) is 0 Å². The summed E-state index contributed by atoms with van der Waals surface area (Å²) in [4.78, 5) is 0.996. The average molecular weight is 276 g/mol. The Kier molecular flexibility index (Phi) is 4.03. The normalized spacial score (nSPS) is 22.8. The lowest BCUT2D eigenvalue weighted by Gasteiger charge is -2.33. The van der Waals surface area contributed by atoms with Crippen LogP contribution in [0.1, 0.15) is 51.8 Å². The number of allylic oxidation sites excluding steroid dienone is 3. The van der Waals surface area contributed by atoms with Crippen molar-refractivity contribution >= 4 is 11.3 Å². The van der Waals surface area contributed by atoms with Gasteiger partial charge >= 0.3 is 0 Å². The molecule has 0 aromatic carbocycles. The summed E-state index contributed by atoms with van der Waals surface area (Å²) >= 11 is 1.60. The zero-order chi connectivity index (χ0) is 14.1. The number of rotatable bonds is 3. The van der Waals surface area contributed by atoms with Gasteiger partial charge in [-0.2, -0.15) is 0 Å². The summed E-state index contributed by atoms with van der Waals surface area (Å²) in [5.41, 5.74) is 2.23. The highest BCUT2D eigenvalue weighted by Gasteiger charge is 2.28. The zero-order valence-electron chi connectivity index (χ0n) is 12.4. The van der Waals surface area contributed by atoms with Gasteiger partial charge in [0.25, 0.3) is 0 Å². The van der Waals surface area contributed by atoms with Gasteiger partial charge in [-0.05, 0) is 61.6 Å². The molecule has 1 aliphatic carbocycles. The van der Waals surface area contributed by atoms with Crippen LogP contribution >= 0.6 is 11.3 Å². The Hall–Kier alpha value is -0.860. The van der Waals surface area contributed by atoms with E-state index in [1.165, 1.54) is 30.4 Å². The Morgan fingerprint density at radius 3 is 2.74 bits per heavy atom. The van der Waals surface area contributed by atoms with Gasteiger partial charge < -0.3 is 5.11 Å². The fourth-order valence-corrected chi connectivity index (χ4v) is 3.67. The molecule has 2 heteroatoms. The minimum Gasteiger partial charge on any atom is -0.380 e. The van der Waals surface area contributed by atoms with Gasteiger partial charge in [-0.1, -0.05) is 31.6 Å². The van der Waals surface area contributed by atoms with Crippen molar-refractivity contribution in [3.05, 3.63) is 45.7 Å². The molecule has 1 heterocycles. The van der Waals surface area contributed by atoms with Gasteiger partial charge in [0.2, 0.25) is 0 Å². The average Bonchev–Trinajstić information content (AvgIpc) is 2.81. The third kappa shape index (κ3) is 3.18. The third-order valence-corrected chi connectivity index (χ3v) is 5.23. The summed E-state index contributed by atoms with van der Waals surface area (Å²) in [6.45, 7) is 8.69. The van der Waals surface area contributed by atoms with Crippen molar-refractivity contribution in [2.75, 3.05) is 0 Å². The van der Waals surface area contributed by atoms with Crippen molar-refractivity contribution in [1.82, 2.24) is 0 Å². The molecular formula is C17H24OS. The molecule has 0 saturated heterocycles. The molecule has 0 spiro atoms. The van der Waals surface area contributed by atoms with Crippen LogP contribution in [0.15, 0.2) is 40.8 Å². The van der Waals surface area contributed by atoms with Crippen molar-refractivity contribution < 1.29 is 5.11 Å². The highest BCUT2D eigenvalue weighted by atomic mass is 32.1. The van der Waals surface area contributed by atoms with Crippen LogP contribution < -0.4 is 0 Å². The van der Waals surface area contributed by atoms with Crippen LogP contribution in [0.5, 0.6) is 0 Å². The van der Waals surface area contributed by atoms with E-state index in [9.17, 15) is 5.11 Å². The predicted octanol–water partition coefficient (Wildman–Crippen LogP) is 5.04. The number of aliphatic hydroxyl groups is 1. The summed E-state index contributed by atoms with van der Waals surface area (Å²) in [7, 11) is 0. The van der Waals surface area contributed by atoms with E-state index in [0.29, 0.717) is 0 Å². The van der Waals surface area contributed by atoms with Crippen LogP contribution in [0.2, 0.25) is 0 Å². The second kappa shape index (κ2) is 5.26. The van der Waals surface area contributed by atoms with Gasteiger partial charge in [0.15, 0.2) is 0 Å². The van der Waals surface area contributed by atoms with Crippen molar-refractivity contribution in [3.8, 4) is 0 Å². The summed E-state index contributed by atoms with van der Waals surface area (Å²) in [5, 5.41) is 12.6. The SMILES string of the molecule is CC1=C(C=CC(C)(O)c2cccs2)C(C)(C)CCC1. The Labute approximate surface area is 120 Å². The fraction of sp³-hybridized carbons (Fsp3) is 0.529. The summed E-state index contributed by atoms with van der Waals surface area (Å²) in [6, 6.07) is 3.97. The molecule has 1 aromatic heterocycles. The second-order valence-corrected chi connectivity index (χ2v) is 7.34. The number of hydrogen-bond donors (Lipinski definition) is 1. The number of thiophene rings is 1. The second-order valence-electron chi connectivity index (χ2n) is 6.39. The molecule has 0 radical (unpaired) electrons. The van der Waals surface area contributed by atoms with E-state index >= 15 is 0 Å². The predicted molar refractivity (Wildman–Crippen MR) is 83.4 cm³/mol. The Balaban J connectivity index is 2.27. The first kappa shape index (κ1) is 14.5. The topological polar surface area (TPSA) is 20.2 Å². The van der Waals surface area contributed by atoms with Crippen LogP contribution in [-0.2, 0) is 5.60 Å². The standard InChI is InChI=1S/C17H24OS/c1-13-7-5-10-16(2,3)14(13)9-11-17(4,18)15-8-6-12-19-15/h6,8-9,11-12,18H,5,7,10H2,1-4H3. The summed E-state index contributed by atoms with van der Waals surface area (Å²) in [6.07, 6.45) is 7.78. The van der Waals surface area contributed by atoms with Gasteiger partial charge in [0.05, 0.1) is 0 Å². The third-order valence-electron chi connectivity index (χ3n) is 4.14. The van der Waals surface area contributed by atoms with Crippen LogP contribution in [0.25, 0.3) is 0 Å². The molecule has 1 N–H and O–H groups in total. The molecule has 104 valence electrons. The molecule has 1 unspecified atom stereocenters. The lowest BCUT2D eigenvalue weighted by Crippen LogP contribution is -2.21. The maximum Gasteiger partial charge on any atom is 0.114 e. The van der Waals surface area contributed by atoms with Gasteiger partial charge in [-0.15, -0.1) is 11.3 Å². The van der Waals surface area contributed by atoms with Crippen molar-refractivity contribution in [1.29, 1.82) is 0 Å². The molecule has 1 aliphatic rings. The maximum absolute atomic E-state index is 10.6. The van der Waals surface area contributed by atoms with E-state index in [4.69, 9.17) is 0 Å². The van der Waals surface area contributed by atoms with Crippen molar-refractivity contribution in [2.45, 2.75) is 52.6 Å².